The number of halogens is 3. The Morgan fingerprint density at radius 1 is 1.20 bits per heavy atom. The molecule has 2 fully saturated rings. The molecule has 2 amide bonds. The second-order valence-corrected chi connectivity index (χ2v) is 10.2. The quantitative estimate of drug-likeness (QED) is 0.495. The number of nitrogens with zero attached hydrogens (tertiary/aromatic N) is 6. The van der Waals surface area contributed by atoms with Crippen LogP contribution < -0.4 is 19.9 Å². The van der Waals surface area contributed by atoms with Crippen molar-refractivity contribution in [2.75, 3.05) is 41.4 Å². The van der Waals surface area contributed by atoms with Crippen LogP contribution in [0.5, 0.6) is 5.88 Å². The topological polar surface area (TPSA) is 115 Å². The molecule has 5 heterocycles. The molecule has 2 bridgehead atoms. The van der Waals surface area contributed by atoms with Gasteiger partial charge in [0.15, 0.2) is 23.2 Å². The molecule has 3 aliphatic rings. The van der Waals surface area contributed by atoms with Crippen LogP contribution in [0.25, 0.3) is 11.4 Å². The molecule has 1 unspecified atom stereocenters. The number of amides is 2. The Bertz CT molecular complexity index is 1420. The molecule has 14 heteroatoms. The first kappa shape index (κ1) is 26.2. The number of anilines is 3. The number of fused-ring (bicyclic) bond motifs is 4. The second kappa shape index (κ2) is 9.86. The van der Waals surface area contributed by atoms with E-state index in [2.05, 4.69) is 30.2 Å². The van der Waals surface area contributed by atoms with Gasteiger partial charge < -0.3 is 19.1 Å². The second-order valence-electron chi connectivity index (χ2n) is 10.2. The number of hydrogen-bond donors (Lipinski definition) is 1. The molecule has 0 spiro atoms. The molecule has 11 nitrogen and oxygen atoms in total. The maximum atomic E-state index is 13.5. The first-order chi connectivity index (χ1) is 19.1. The lowest BCUT2D eigenvalue weighted by atomic mass is 10.1. The van der Waals surface area contributed by atoms with Crippen molar-refractivity contribution in [1.82, 2.24) is 19.9 Å². The number of ether oxygens (including phenoxy) is 3. The van der Waals surface area contributed by atoms with E-state index in [1.54, 1.807) is 6.20 Å². The molecule has 3 aliphatic heterocycles. The van der Waals surface area contributed by atoms with Gasteiger partial charge in [-0.25, -0.2) is 24.7 Å². The van der Waals surface area contributed by atoms with Crippen LogP contribution in [0.3, 0.4) is 0 Å². The zero-order valence-electron chi connectivity index (χ0n) is 21.7. The summed E-state index contributed by atoms with van der Waals surface area (Å²) >= 11 is 0. The van der Waals surface area contributed by atoms with Gasteiger partial charge in [-0.15, -0.1) is 0 Å². The molecule has 1 N–H and O–H groups in total. The number of carbonyl (C=O) groups is 1. The average Bonchev–Trinajstić information content (AvgIpc) is 3.50. The van der Waals surface area contributed by atoms with Crippen LogP contribution in [-0.2, 0) is 15.7 Å². The Morgan fingerprint density at radius 3 is 2.77 bits per heavy atom. The van der Waals surface area contributed by atoms with Gasteiger partial charge in [-0.2, -0.15) is 13.2 Å². The summed E-state index contributed by atoms with van der Waals surface area (Å²) in [7, 11) is 0. The maximum Gasteiger partial charge on any atom is 0.416 e. The lowest BCUT2D eigenvalue weighted by Gasteiger charge is -2.35. The summed E-state index contributed by atoms with van der Waals surface area (Å²) in [6.45, 7) is 5.59. The van der Waals surface area contributed by atoms with Crippen LogP contribution in [0.1, 0.15) is 25.8 Å². The highest BCUT2D eigenvalue weighted by Crippen LogP contribution is 2.40. The van der Waals surface area contributed by atoms with E-state index < -0.39 is 23.6 Å². The predicted molar refractivity (Wildman–Crippen MR) is 137 cm³/mol. The van der Waals surface area contributed by atoms with E-state index in [1.165, 1.54) is 29.4 Å². The number of aromatic nitrogens is 4. The van der Waals surface area contributed by atoms with Gasteiger partial charge in [-0.3, -0.25) is 10.2 Å². The standard InChI is InChI=1S/C26H26F3N7O4/c1-25(2)39-14-18(40-25)13-38-21-11-30-20(10-31-21)33-24(37)36-17-6-7-35(12-17)19-9-32-22(34-23(19)36)15-4-3-5-16(8-15)26(27,28)29/h3-5,8-11,17-18H,6-7,12-14H2,1-2H3,(H,30,33,37)/t17?,18-/m0/s1. The maximum absolute atomic E-state index is 13.5. The van der Waals surface area contributed by atoms with E-state index in [0.717, 1.165) is 12.1 Å². The highest BCUT2D eigenvalue weighted by Gasteiger charge is 2.41. The van der Waals surface area contributed by atoms with Crippen LogP contribution in [0.15, 0.2) is 42.9 Å². The van der Waals surface area contributed by atoms with Crippen molar-refractivity contribution < 1.29 is 32.2 Å². The van der Waals surface area contributed by atoms with Crippen LogP contribution in [0.2, 0.25) is 0 Å². The van der Waals surface area contributed by atoms with Crippen LogP contribution in [0.4, 0.5) is 35.3 Å². The van der Waals surface area contributed by atoms with E-state index in [4.69, 9.17) is 14.2 Å². The van der Waals surface area contributed by atoms with E-state index in [9.17, 15) is 18.0 Å². The van der Waals surface area contributed by atoms with Crippen molar-refractivity contribution in [3.05, 3.63) is 48.4 Å². The molecular weight excluding hydrogens is 531 g/mol. The van der Waals surface area contributed by atoms with Crippen molar-refractivity contribution >= 4 is 23.4 Å². The highest BCUT2D eigenvalue weighted by molar-refractivity contribution is 6.04. The number of alkyl halides is 3. The molecule has 2 atom stereocenters. The molecule has 2 aromatic heterocycles. The fraction of sp³-hybridized carbons (Fsp3) is 0.423. The number of carbonyl (C=O) groups excluding carboxylic acids is 1. The van der Waals surface area contributed by atoms with Gasteiger partial charge in [0.1, 0.15) is 12.7 Å². The molecule has 6 rings (SSSR count). The van der Waals surface area contributed by atoms with Crippen molar-refractivity contribution in [3.8, 4) is 17.3 Å². The molecule has 3 aromatic rings. The molecule has 2 saturated heterocycles. The summed E-state index contributed by atoms with van der Waals surface area (Å²) in [6.07, 6.45) is 0.286. The molecular formula is C26H26F3N7O4. The van der Waals surface area contributed by atoms with Gasteiger partial charge in [0.05, 0.1) is 42.5 Å². The molecule has 1 aromatic carbocycles. The summed E-state index contributed by atoms with van der Waals surface area (Å²) in [5.74, 6) is 0.220. The molecule has 210 valence electrons. The molecule has 40 heavy (non-hydrogen) atoms. The molecule has 0 radical (unpaired) electrons. The van der Waals surface area contributed by atoms with Gasteiger partial charge in [-0.1, -0.05) is 12.1 Å². The van der Waals surface area contributed by atoms with Gasteiger partial charge in [0.2, 0.25) is 5.88 Å². The Labute approximate surface area is 227 Å². The SMILES string of the molecule is CC1(C)OC[C@H](COc2cnc(NC(=O)N3c4nc(-c5cccc(C(F)(F)F)c5)ncc4N4CCC3C4)cn2)O1. The van der Waals surface area contributed by atoms with Gasteiger partial charge in [-0.05, 0) is 32.4 Å². The van der Waals surface area contributed by atoms with Crippen molar-refractivity contribution in [2.24, 2.45) is 0 Å². The normalized spacial score (nSPS) is 21.3. The average molecular weight is 558 g/mol. The van der Waals surface area contributed by atoms with E-state index in [-0.39, 0.29) is 41.8 Å². The van der Waals surface area contributed by atoms with E-state index in [1.807, 2.05) is 13.8 Å². The van der Waals surface area contributed by atoms with Crippen LogP contribution in [-0.4, -0.2) is 70.2 Å². The third-order valence-corrected chi connectivity index (χ3v) is 6.86. The zero-order chi connectivity index (χ0) is 28.1. The predicted octanol–water partition coefficient (Wildman–Crippen LogP) is 4.11. The lowest BCUT2D eigenvalue weighted by Crippen LogP contribution is -2.48. The van der Waals surface area contributed by atoms with E-state index >= 15 is 0 Å². The minimum atomic E-state index is -4.50. The summed E-state index contributed by atoms with van der Waals surface area (Å²) in [4.78, 5) is 34.3. The van der Waals surface area contributed by atoms with Crippen molar-refractivity contribution in [2.45, 2.75) is 44.4 Å². The van der Waals surface area contributed by atoms with E-state index in [0.29, 0.717) is 37.6 Å². The largest absolute Gasteiger partial charge is 0.474 e. The summed E-state index contributed by atoms with van der Waals surface area (Å²) < 4.78 is 56.7. The number of urea groups is 1. The monoisotopic (exact) mass is 557 g/mol. The highest BCUT2D eigenvalue weighted by atomic mass is 19.4. The number of benzene rings is 1. The smallest absolute Gasteiger partial charge is 0.416 e. The third kappa shape index (κ3) is 5.23. The molecule has 0 saturated carbocycles. The fourth-order valence-corrected chi connectivity index (χ4v) is 5.00. The van der Waals surface area contributed by atoms with Gasteiger partial charge >= 0.3 is 12.2 Å². The Kier molecular flexibility index (Phi) is 6.45. The van der Waals surface area contributed by atoms with Crippen molar-refractivity contribution in [1.29, 1.82) is 0 Å². The minimum Gasteiger partial charge on any atom is -0.474 e. The number of nitrogens with one attached hydrogen (secondary N) is 1. The fourth-order valence-electron chi connectivity index (χ4n) is 5.00. The Morgan fingerprint density at radius 2 is 2.05 bits per heavy atom. The van der Waals surface area contributed by atoms with Crippen molar-refractivity contribution in [3.63, 3.8) is 0 Å². The zero-order valence-corrected chi connectivity index (χ0v) is 21.7. The Balaban J connectivity index is 1.19. The van der Waals surface area contributed by atoms with Gasteiger partial charge in [0.25, 0.3) is 0 Å². The first-order valence-electron chi connectivity index (χ1n) is 12.7. The van der Waals surface area contributed by atoms with Crippen LogP contribution >= 0.6 is 0 Å². The number of rotatable bonds is 5. The lowest BCUT2D eigenvalue weighted by molar-refractivity contribution is -0.141. The minimum absolute atomic E-state index is 0.0893. The Hall–Kier alpha value is -4.04. The van der Waals surface area contributed by atoms with Gasteiger partial charge in [0, 0.05) is 18.7 Å². The molecule has 0 aliphatic carbocycles. The summed E-state index contributed by atoms with van der Waals surface area (Å²) in [5.41, 5.74) is 0.0323. The third-order valence-electron chi connectivity index (χ3n) is 6.86. The summed E-state index contributed by atoms with van der Waals surface area (Å²) in [6, 6.07) is 4.14. The first-order valence-corrected chi connectivity index (χ1v) is 12.7. The van der Waals surface area contributed by atoms with Crippen LogP contribution in [0, 0.1) is 0 Å². The number of hydrogen-bond acceptors (Lipinski definition) is 9. The summed E-state index contributed by atoms with van der Waals surface area (Å²) in [5, 5.41) is 2.74.